The van der Waals surface area contributed by atoms with Crippen molar-refractivity contribution in [3.8, 4) is 0 Å². The Hall–Kier alpha value is -1.09. The van der Waals surface area contributed by atoms with E-state index in [1.165, 1.54) is 16.6 Å². The maximum Gasteiger partial charge on any atom is 0.211 e. The van der Waals surface area contributed by atoms with E-state index in [1.807, 2.05) is 0 Å². The van der Waals surface area contributed by atoms with Crippen LogP contribution in [0.4, 0.5) is 8.78 Å². The molecule has 0 bridgehead atoms. The number of aliphatic hydroxyl groups is 1. The summed E-state index contributed by atoms with van der Waals surface area (Å²) in [6.07, 6.45) is 1.87. The van der Waals surface area contributed by atoms with Crippen LogP contribution in [0.5, 0.6) is 0 Å². The molecule has 8 heteroatoms. The summed E-state index contributed by atoms with van der Waals surface area (Å²) in [5.74, 6) is -1.69. The third-order valence-electron chi connectivity index (χ3n) is 5.36. The van der Waals surface area contributed by atoms with Crippen LogP contribution in [0.1, 0.15) is 12.0 Å². The molecule has 134 valence electrons. The Labute approximate surface area is 140 Å². The van der Waals surface area contributed by atoms with Gasteiger partial charge in [0.15, 0.2) is 11.6 Å². The van der Waals surface area contributed by atoms with Crippen molar-refractivity contribution in [2.24, 2.45) is 11.3 Å². The zero-order valence-electron chi connectivity index (χ0n) is 13.6. The summed E-state index contributed by atoms with van der Waals surface area (Å²) in [5, 5.41) is 9.85. The number of halogens is 2. The molecular formula is C16H22F2N2O3S. The third kappa shape index (κ3) is 3.33. The Bertz CT molecular complexity index is 728. The first-order chi connectivity index (χ1) is 11.2. The molecule has 0 unspecified atom stereocenters. The maximum absolute atomic E-state index is 13.3. The molecule has 5 nitrogen and oxygen atoms in total. The minimum absolute atomic E-state index is 0.0382. The number of rotatable bonds is 4. The van der Waals surface area contributed by atoms with Crippen molar-refractivity contribution in [1.82, 2.24) is 9.21 Å². The van der Waals surface area contributed by atoms with E-state index < -0.39 is 27.1 Å². The van der Waals surface area contributed by atoms with E-state index in [4.69, 9.17) is 0 Å². The van der Waals surface area contributed by atoms with Gasteiger partial charge in [0.2, 0.25) is 10.0 Å². The largest absolute Gasteiger partial charge is 0.396 e. The molecule has 24 heavy (non-hydrogen) atoms. The summed E-state index contributed by atoms with van der Waals surface area (Å²) < 4.78 is 51.5. The van der Waals surface area contributed by atoms with Gasteiger partial charge in [0.05, 0.1) is 12.9 Å². The van der Waals surface area contributed by atoms with E-state index in [0.717, 1.165) is 6.07 Å². The molecule has 0 radical (unpaired) electrons. The Morgan fingerprint density at radius 1 is 1.29 bits per heavy atom. The van der Waals surface area contributed by atoms with Gasteiger partial charge < -0.3 is 5.11 Å². The Balaban J connectivity index is 1.72. The van der Waals surface area contributed by atoms with Crippen molar-refractivity contribution >= 4 is 10.0 Å². The number of hydrogen-bond acceptors (Lipinski definition) is 4. The number of hydrogen-bond donors (Lipinski definition) is 1. The number of nitrogens with zero attached hydrogens (tertiary/aromatic N) is 2. The zero-order valence-corrected chi connectivity index (χ0v) is 14.4. The van der Waals surface area contributed by atoms with E-state index in [9.17, 15) is 22.3 Å². The lowest BCUT2D eigenvalue weighted by atomic mass is 9.73. The zero-order chi connectivity index (χ0) is 17.5. The second-order valence-corrected chi connectivity index (χ2v) is 8.99. The highest BCUT2D eigenvalue weighted by Gasteiger charge is 2.51. The van der Waals surface area contributed by atoms with Gasteiger partial charge in [-0.2, -0.15) is 0 Å². The fraction of sp³-hybridized carbons (Fsp3) is 0.625. The summed E-state index contributed by atoms with van der Waals surface area (Å²) in [6.45, 7) is 2.51. The number of sulfonamides is 1. The molecule has 1 aromatic rings. The van der Waals surface area contributed by atoms with Crippen molar-refractivity contribution in [3.05, 3.63) is 35.4 Å². The molecule has 0 saturated carbocycles. The van der Waals surface area contributed by atoms with Gasteiger partial charge in [-0.25, -0.2) is 21.5 Å². The van der Waals surface area contributed by atoms with E-state index >= 15 is 0 Å². The first-order valence-electron chi connectivity index (χ1n) is 7.96. The number of aliphatic hydroxyl groups excluding tert-OH is 1. The third-order valence-corrected chi connectivity index (χ3v) is 6.58. The molecule has 0 amide bonds. The van der Waals surface area contributed by atoms with Crippen molar-refractivity contribution in [2.75, 3.05) is 39.0 Å². The summed E-state index contributed by atoms with van der Waals surface area (Å²) in [4.78, 5) is 2.11. The van der Waals surface area contributed by atoms with Crippen molar-refractivity contribution in [2.45, 2.75) is 13.0 Å². The van der Waals surface area contributed by atoms with Crippen LogP contribution in [0.2, 0.25) is 0 Å². The van der Waals surface area contributed by atoms with Crippen LogP contribution in [0, 0.1) is 23.0 Å². The minimum Gasteiger partial charge on any atom is -0.396 e. The summed E-state index contributed by atoms with van der Waals surface area (Å²) in [5.41, 5.74) is 0.288. The average Bonchev–Trinajstić information content (AvgIpc) is 2.91. The number of fused-ring (bicyclic) bond motifs is 1. The van der Waals surface area contributed by atoms with Gasteiger partial charge in [-0.05, 0) is 36.6 Å². The van der Waals surface area contributed by atoms with Crippen LogP contribution < -0.4 is 0 Å². The van der Waals surface area contributed by atoms with Crippen LogP contribution in [0.25, 0.3) is 0 Å². The minimum atomic E-state index is -3.28. The predicted molar refractivity (Wildman–Crippen MR) is 85.7 cm³/mol. The fourth-order valence-corrected chi connectivity index (χ4v) is 4.80. The highest BCUT2D eigenvalue weighted by molar-refractivity contribution is 7.88. The lowest BCUT2D eigenvalue weighted by Gasteiger charge is -2.42. The highest BCUT2D eigenvalue weighted by atomic mass is 32.2. The van der Waals surface area contributed by atoms with E-state index in [-0.39, 0.29) is 12.5 Å². The molecular weight excluding hydrogens is 338 g/mol. The van der Waals surface area contributed by atoms with Crippen LogP contribution in [-0.4, -0.2) is 61.8 Å². The predicted octanol–water partition coefficient (Wildman–Crippen LogP) is 1.04. The average molecular weight is 360 g/mol. The summed E-state index contributed by atoms with van der Waals surface area (Å²) in [6, 6.07) is 3.87. The smallest absolute Gasteiger partial charge is 0.211 e. The molecule has 3 rings (SSSR count). The Morgan fingerprint density at radius 2 is 2.04 bits per heavy atom. The van der Waals surface area contributed by atoms with E-state index in [1.54, 1.807) is 6.07 Å². The lowest BCUT2D eigenvalue weighted by Crippen LogP contribution is -2.48. The lowest BCUT2D eigenvalue weighted by molar-refractivity contribution is 0.0170. The summed E-state index contributed by atoms with van der Waals surface area (Å²) in [7, 11) is -3.28. The van der Waals surface area contributed by atoms with Crippen molar-refractivity contribution in [1.29, 1.82) is 0 Å². The number of likely N-dealkylation sites (tertiary alicyclic amines) is 1. The standard InChI is InChI=1S/C16H22F2N2O3S/c1-24(22,23)20-9-13-8-19(5-4-16(13,10-20)11-21)7-12-2-3-14(17)15(18)6-12/h2-3,6,13,21H,4-5,7-11H2,1H3/t13-,16+/m1/s1. The molecule has 2 atom stereocenters. The second-order valence-electron chi connectivity index (χ2n) is 7.01. The van der Waals surface area contributed by atoms with Gasteiger partial charge in [-0.3, -0.25) is 4.90 Å². The molecule has 2 fully saturated rings. The van der Waals surface area contributed by atoms with Crippen molar-refractivity contribution < 1.29 is 22.3 Å². The van der Waals surface area contributed by atoms with E-state index in [2.05, 4.69) is 4.90 Å². The second kappa shape index (κ2) is 6.33. The van der Waals surface area contributed by atoms with Crippen LogP contribution in [-0.2, 0) is 16.6 Å². The number of benzene rings is 1. The molecule has 2 aliphatic rings. The van der Waals surface area contributed by atoms with Gasteiger partial charge in [-0.1, -0.05) is 6.07 Å². The number of piperidine rings is 1. The first kappa shape index (κ1) is 17.7. The summed E-state index contributed by atoms with van der Waals surface area (Å²) >= 11 is 0. The van der Waals surface area contributed by atoms with E-state index in [0.29, 0.717) is 44.7 Å². The topological polar surface area (TPSA) is 60.9 Å². The first-order valence-corrected chi connectivity index (χ1v) is 9.81. The SMILES string of the molecule is CS(=O)(=O)N1C[C@H]2CN(Cc3ccc(F)c(F)c3)CC[C@@]2(CO)C1. The quantitative estimate of drug-likeness (QED) is 0.872. The molecule has 1 aromatic carbocycles. The monoisotopic (exact) mass is 360 g/mol. The van der Waals surface area contributed by atoms with Crippen LogP contribution >= 0.6 is 0 Å². The fourth-order valence-electron chi connectivity index (χ4n) is 3.85. The molecule has 0 aromatic heterocycles. The molecule has 2 aliphatic heterocycles. The van der Waals surface area contributed by atoms with Crippen LogP contribution in [0.15, 0.2) is 18.2 Å². The highest BCUT2D eigenvalue weighted by Crippen LogP contribution is 2.43. The van der Waals surface area contributed by atoms with Gasteiger partial charge in [-0.15, -0.1) is 0 Å². The molecule has 2 heterocycles. The van der Waals surface area contributed by atoms with Crippen LogP contribution in [0.3, 0.4) is 0 Å². The van der Waals surface area contributed by atoms with Gasteiger partial charge in [0, 0.05) is 31.6 Å². The van der Waals surface area contributed by atoms with Crippen molar-refractivity contribution in [3.63, 3.8) is 0 Å². The molecule has 0 aliphatic carbocycles. The van der Waals surface area contributed by atoms with Gasteiger partial charge >= 0.3 is 0 Å². The molecule has 1 N–H and O–H groups in total. The molecule has 2 saturated heterocycles. The maximum atomic E-state index is 13.3. The Morgan fingerprint density at radius 3 is 2.67 bits per heavy atom. The Kier molecular flexibility index (Phi) is 4.67. The van der Waals surface area contributed by atoms with Gasteiger partial charge in [0.25, 0.3) is 0 Å². The normalized spacial score (nSPS) is 28.9. The van der Waals surface area contributed by atoms with Gasteiger partial charge in [0.1, 0.15) is 0 Å². The molecule has 0 spiro atoms.